The first-order valence-corrected chi connectivity index (χ1v) is 6.62. The number of hydrogen-bond donors (Lipinski definition) is 2. The maximum Gasteiger partial charge on any atom is 0.265 e. The van der Waals surface area contributed by atoms with Crippen molar-refractivity contribution in [2.24, 2.45) is 0 Å². The molecule has 1 unspecified atom stereocenters. The van der Waals surface area contributed by atoms with Gasteiger partial charge in [0.05, 0.1) is 10.7 Å². The van der Waals surface area contributed by atoms with Crippen LogP contribution in [0.1, 0.15) is 5.56 Å². The van der Waals surface area contributed by atoms with E-state index < -0.39 is 6.10 Å². The van der Waals surface area contributed by atoms with Crippen molar-refractivity contribution < 1.29 is 9.53 Å². The molecule has 0 saturated heterocycles. The molecule has 102 valence electrons. The Hall–Kier alpha value is -2.20. The van der Waals surface area contributed by atoms with Gasteiger partial charge < -0.3 is 15.8 Å². The van der Waals surface area contributed by atoms with Gasteiger partial charge in [-0.15, -0.1) is 0 Å². The molecule has 0 bridgehead atoms. The Balaban J connectivity index is 1.74. The Morgan fingerprint density at radius 3 is 2.90 bits per heavy atom. The molecule has 1 atom stereocenters. The highest BCUT2D eigenvalue weighted by molar-refractivity contribution is 6.33. The van der Waals surface area contributed by atoms with Crippen LogP contribution in [0.3, 0.4) is 0 Å². The minimum absolute atomic E-state index is 0.228. The summed E-state index contributed by atoms with van der Waals surface area (Å²) in [6.45, 7) is 0. The fourth-order valence-electron chi connectivity index (χ4n) is 2.18. The summed E-state index contributed by atoms with van der Waals surface area (Å²) in [6.07, 6.45) is 0.0203. The standard InChI is InChI=1S/C15H13ClN2O2/c16-11-6-5-10(17)8-12(11)18-15(19)14-7-9-3-1-2-4-13(9)20-14/h1-6,8,14H,7,17H2,(H,18,19). The zero-order chi connectivity index (χ0) is 14.1. The van der Waals surface area contributed by atoms with Gasteiger partial charge in [-0.05, 0) is 29.8 Å². The smallest absolute Gasteiger partial charge is 0.265 e. The first-order chi connectivity index (χ1) is 9.63. The third-order valence-corrected chi connectivity index (χ3v) is 3.52. The van der Waals surface area contributed by atoms with E-state index in [4.69, 9.17) is 22.1 Å². The van der Waals surface area contributed by atoms with Gasteiger partial charge in [0, 0.05) is 12.1 Å². The molecule has 1 heterocycles. The molecule has 1 aliphatic heterocycles. The summed E-state index contributed by atoms with van der Waals surface area (Å²) in [5, 5.41) is 3.20. The van der Waals surface area contributed by atoms with Crippen molar-refractivity contribution in [1.29, 1.82) is 0 Å². The molecule has 0 spiro atoms. The van der Waals surface area contributed by atoms with E-state index in [1.165, 1.54) is 0 Å². The van der Waals surface area contributed by atoms with E-state index in [0.29, 0.717) is 22.8 Å². The average molecular weight is 289 g/mol. The highest BCUT2D eigenvalue weighted by atomic mass is 35.5. The second-order valence-electron chi connectivity index (χ2n) is 4.65. The minimum Gasteiger partial charge on any atom is -0.480 e. The molecule has 3 rings (SSSR count). The van der Waals surface area contributed by atoms with E-state index in [1.807, 2.05) is 24.3 Å². The van der Waals surface area contributed by atoms with Crippen LogP contribution in [-0.2, 0) is 11.2 Å². The molecule has 2 aromatic carbocycles. The quantitative estimate of drug-likeness (QED) is 0.835. The number of nitrogens with one attached hydrogen (secondary N) is 1. The number of nitrogen functional groups attached to an aromatic ring is 1. The van der Waals surface area contributed by atoms with Crippen LogP contribution in [0, 0.1) is 0 Å². The number of carbonyl (C=O) groups is 1. The fraction of sp³-hybridized carbons (Fsp3) is 0.133. The molecule has 0 saturated carbocycles. The number of anilines is 2. The molecule has 0 aliphatic carbocycles. The number of carbonyl (C=O) groups excluding carboxylic acids is 1. The normalized spacial score (nSPS) is 16.4. The lowest BCUT2D eigenvalue weighted by Gasteiger charge is -2.12. The fourth-order valence-corrected chi connectivity index (χ4v) is 2.35. The molecule has 1 amide bonds. The summed E-state index contributed by atoms with van der Waals surface area (Å²) in [4.78, 5) is 12.2. The van der Waals surface area contributed by atoms with Crippen LogP contribution in [0.5, 0.6) is 5.75 Å². The van der Waals surface area contributed by atoms with E-state index in [9.17, 15) is 4.79 Å². The Labute approximate surface area is 121 Å². The summed E-state index contributed by atoms with van der Waals surface area (Å²) >= 11 is 6.03. The number of rotatable bonds is 2. The summed E-state index contributed by atoms with van der Waals surface area (Å²) in [6, 6.07) is 12.6. The van der Waals surface area contributed by atoms with E-state index in [0.717, 1.165) is 11.3 Å². The second-order valence-corrected chi connectivity index (χ2v) is 5.05. The molecule has 0 fully saturated rings. The van der Waals surface area contributed by atoms with Gasteiger partial charge in [-0.1, -0.05) is 29.8 Å². The van der Waals surface area contributed by atoms with Crippen LogP contribution in [0.15, 0.2) is 42.5 Å². The predicted octanol–water partition coefficient (Wildman–Crippen LogP) is 2.86. The highest BCUT2D eigenvalue weighted by Crippen LogP contribution is 2.30. The zero-order valence-electron chi connectivity index (χ0n) is 10.6. The summed E-state index contributed by atoms with van der Waals surface area (Å²) in [5.41, 5.74) is 7.76. The van der Waals surface area contributed by atoms with Crippen LogP contribution in [-0.4, -0.2) is 12.0 Å². The Morgan fingerprint density at radius 1 is 1.30 bits per heavy atom. The van der Waals surface area contributed by atoms with E-state index >= 15 is 0 Å². The van der Waals surface area contributed by atoms with Crippen LogP contribution >= 0.6 is 11.6 Å². The van der Waals surface area contributed by atoms with E-state index in [1.54, 1.807) is 18.2 Å². The third kappa shape index (κ3) is 2.42. The average Bonchev–Trinajstić information content (AvgIpc) is 2.87. The molecule has 3 N–H and O–H groups in total. The molecule has 0 radical (unpaired) electrons. The Morgan fingerprint density at radius 2 is 2.10 bits per heavy atom. The van der Waals surface area contributed by atoms with Crippen molar-refractivity contribution in [3.8, 4) is 5.75 Å². The SMILES string of the molecule is Nc1ccc(Cl)c(NC(=O)C2Cc3ccccc3O2)c1. The highest BCUT2D eigenvalue weighted by Gasteiger charge is 2.29. The maximum atomic E-state index is 12.2. The monoisotopic (exact) mass is 288 g/mol. The van der Waals surface area contributed by atoms with Crippen LogP contribution in [0.4, 0.5) is 11.4 Å². The summed E-state index contributed by atoms with van der Waals surface area (Å²) < 4.78 is 5.62. The summed E-state index contributed by atoms with van der Waals surface area (Å²) in [5.74, 6) is 0.528. The van der Waals surface area contributed by atoms with Gasteiger partial charge in [0.2, 0.25) is 0 Å². The first-order valence-electron chi connectivity index (χ1n) is 6.24. The van der Waals surface area contributed by atoms with Crippen LogP contribution in [0.25, 0.3) is 0 Å². The molecule has 5 heteroatoms. The molecular formula is C15H13ClN2O2. The first kappa shape index (κ1) is 12.8. The number of para-hydroxylation sites is 1. The molecular weight excluding hydrogens is 276 g/mol. The number of hydrogen-bond acceptors (Lipinski definition) is 3. The summed E-state index contributed by atoms with van der Waals surface area (Å²) in [7, 11) is 0. The molecule has 4 nitrogen and oxygen atoms in total. The van der Waals surface area contributed by atoms with Crippen molar-refractivity contribution in [3.05, 3.63) is 53.1 Å². The van der Waals surface area contributed by atoms with Crippen molar-refractivity contribution in [3.63, 3.8) is 0 Å². The predicted molar refractivity (Wildman–Crippen MR) is 79.1 cm³/mol. The molecule has 1 aliphatic rings. The number of amides is 1. The third-order valence-electron chi connectivity index (χ3n) is 3.19. The lowest BCUT2D eigenvalue weighted by Crippen LogP contribution is -2.31. The van der Waals surface area contributed by atoms with E-state index in [-0.39, 0.29) is 5.91 Å². The number of nitrogens with two attached hydrogens (primary N) is 1. The number of ether oxygens (including phenoxy) is 1. The number of halogens is 1. The lowest BCUT2D eigenvalue weighted by molar-refractivity contribution is -0.122. The topological polar surface area (TPSA) is 64.3 Å². The van der Waals surface area contributed by atoms with Gasteiger partial charge in [-0.25, -0.2) is 0 Å². The van der Waals surface area contributed by atoms with Crippen molar-refractivity contribution in [2.45, 2.75) is 12.5 Å². The van der Waals surface area contributed by atoms with Crippen molar-refractivity contribution in [1.82, 2.24) is 0 Å². The number of benzene rings is 2. The van der Waals surface area contributed by atoms with Gasteiger partial charge in [0.25, 0.3) is 5.91 Å². The number of fused-ring (bicyclic) bond motifs is 1. The maximum absolute atomic E-state index is 12.2. The second kappa shape index (κ2) is 5.06. The van der Waals surface area contributed by atoms with Gasteiger partial charge in [-0.3, -0.25) is 4.79 Å². The minimum atomic E-state index is -0.537. The Kier molecular flexibility index (Phi) is 3.24. The van der Waals surface area contributed by atoms with Crippen LogP contribution < -0.4 is 15.8 Å². The Bertz CT molecular complexity index is 648. The molecule has 0 aromatic heterocycles. The largest absolute Gasteiger partial charge is 0.480 e. The van der Waals surface area contributed by atoms with Gasteiger partial charge >= 0.3 is 0 Å². The van der Waals surface area contributed by atoms with Gasteiger partial charge in [0.15, 0.2) is 6.10 Å². The van der Waals surface area contributed by atoms with E-state index in [2.05, 4.69) is 5.32 Å². The molecule has 2 aromatic rings. The van der Waals surface area contributed by atoms with Gasteiger partial charge in [0.1, 0.15) is 5.75 Å². The molecule has 20 heavy (non-hydrogen) atoms. The van der Waals surface area contributed by atoms with Crippen LogP contribution in [0.2, 0.25) is 5.02 Å². The lowest BCUT2D eigenvalue weighted by atomic mass is 10.1. The van der Waals surface area contributed by atoms with Crippen molar-refractivity contribution in [2.75, 3.05) is 11.1 Å². The van der Waals surface area contributed by atoms with Gasteiger partial charge in [-0.2, -0.15) is 0 Å². The van der Waals surface area contributed by atoms with Crippen molar-refractivity contribution >= 4 is 28.9 Å². The zero-order valence-corrected chi connectivity index (χ0v) is 11.4.